The predicted octanol–water partition coefficient (Wildman–Crippen LogP) is 2.38. The highest BCUT2D eigenvalue weighted by Crippen LogP contribution is 2.26. The Kier molecular flexibility index (Phi) is 4.37. The van der Waals surface area contributed by atoms with E-state index in [1.807, 2.05) is 0 Å². The number of nitrogens with zero attached hydrogens (tertiary/aromatic N) is 1. The number of nitrogens with two attached hydrogens (primary N) is 1. The van der Waals surface area contributed by atoms with Crippen LogP contribution >= 0.6 is 0 Å². The Morgan fingerprint density at radius 2 is 2.00 bits per heavy atom. The minimum Gasteiger partial charge on any atom is -0.399 e. The number of hydrogen-bond donors (Lipinski definition) is 1. The molecule has 0 aliphatic rings. The summed E-state index contributed by atoms with van der Waals surface area (Å²) >= 11 is 0. The van der Waals surface area contributed by atoms with E-state index in [0.717, 1.165) is 6.07 Å². The standard InChI is InChI=1S/C13H19FN2O2S/c1-5-8-16(13(2,3)4)19(17,18)12-7-6-10(15)9-11(12)14/h5-7,9H,1,8,15H2,2-4H3. The van der Waals surface area contributed by atoms with E-state index < -0.39 is 21.4 Å². The minimum atomic E-state index is -3.94. The summed E-state index contributed by atoms with van der Waals surface area (Å²) in [4.78, 5) is -0.376. The van der Waals surface area contributed by atoms with Crippen LogP contribution in [0.4, 0.5) is 10.1 Å². The molecule has 0 aliphatic heterocycles. The molecule has 106 valence electrons. The molecule has 0 aromatic heterocycles. The molecule has 0 aliphatic carbocycles. The van der Waals surface area contributed by atoms with Crippen molar-refractivity contribution in [2.75, 3.05) is 12.3 Å². The summed E-state index contributed by atoms with van der Waals surface area (Å²) in [5.41, 5.74) is 4.93. The van der Waals surface area contributed by atoms with Crippen molar-refractivity contribution in [3.8, 4) is 0 Å². The normalized spacial score (nSPS) is 12.7. The molecular formula is C13H19FN2O2S. The van der Waals surface area contributed by atoms with Crippen molar-refractivity contribution in [3.05, 3.63) is 36.7 Å². The molecule has 0 saturated heterocycles. The monoisotopic (exact) mass is 286 g/mol. The van der Waals surface area contributed by atoms with Crippen molar-refractivity contribution in [2.24, 2.45) is 0 Å². The van der Waals surface area contributed by atoms with Crippen LogP contribution in [0.5, 0.6) is 0 Å². The number of nitrogen functional groups attached to an aromatic ring is 1. The lowest BCUT2D eigenvalue weighted by Gasteiger charge is -2.33. The van der Waals surface area contributed by atoms with Gasteiger partial charge in [0, 0.05) is 17.8 Å². The smallest absolute Gasteiger partial charge is 0.246 e. The Bertz CT molecular complexity index is 577. The molecule has 4 nitrogen and oxygen atoms in total. The highest BCUT2D eigenvalue weighted by Gasteiger charge is 2.34. The third kappa shape index (κ3) is 3.33. The van der Waals surface area contributed by atoms with Crippen LogP contribution in [-0.2, 0) is 10.0 Å². The fourth-order valence-electron chi connectivity index (χ4n) is 1.69. The Hall–Kier alpha value is -1.40. The fourth-order valence-corrected chi connectivity index (χ4v) is 3.50. The van der Waals surface area contributed by atoms with Crippen molar-refractivity contribution in [1.82, 2.24) is 4.31 Å². The van der Waals surface area contributed by atoms with Crippen molar-refractivity contribution in [1.29, 1.82) is 0 Å². The first kappa shape index (κ1) is 15.7. The third-order valence-corrected chi connectivity index (χ3v) is 4.73. The lowest BCUT2D eigenvalue weighted by atomic mass is 10.1. The molecule has 19 heavy (non-hydrogen) atoms. The van der Waals surface area contributed by atoms with Gasteiger partial charge in [-0.05, 0) is 39.0 Å². The topological polar surface area (TPSA) is 63.4 Å². The van der Waals surface area contributed by atoms with Gasteiger partial charge in [-0.3, -0.25) is 0 Å². The van der Waals surface area contributed by atoms with Crippen LogP contribution in [-0.4, -0.2) is 24.8 Å². The molecule has 6 heteroatoms. The second kappa shape index (κ2) is 5.30. The van der Waals surface area contributed by atoms with E-state index in [9.17, 15) is 12.8 Å². The van der Waals surface area contributed by atoms with Crippen molar-refractivity contribution in [3.63, 3.8) is 0 Å². The molecular weight excluding hydrogens is 267 g/mol. The number of hydrogen-bond acceptors (Lipinski definition) is 3. The molecule has 0 bridgehead atoms. The average Bonchev–Trinajstić information content (AvgIpc) is 2.23. The van der Waals surface area contributed by atoms with Crippen LogP contribution in [0.1, 0.15) is 20.8 Å². The van der Waals surface area contributed by atoms with Gasteiger partial charge in [0.2, 0.25) is 10.0 Å². The molecule has 1 rings (SSSR count). The summed E-state index contributed by atoms with van der Waals surface area (Å²) < 4.78 is 40.0. The van der Waals surface area contributed by atoms with E-state index >= 15 is 0 Å². The first-order chi connectivity index (χ1) is 8.60. The Morgan fingerprint density at radius 3 is 2.42 bits per heavy atom. The first-order valence-electron chi connectivity index (χ1n) is 5.79. The lowest BCUT2D eigenvalue weighted by molar-refractivity contribution is 0.269. The van der Waals surface area contributed by atoms with Crippen molar-refractivity contribution >= 4 is 15.7 Å². The maximum Gasteiger partial charge on any atom is 0.246 e. The van der Waals surface area contributed by atoms with Crippen LogP contribution in [0.2, 0.25) is 0 Å². The number of rotatable bonds is 4. The molecule has 0 radical (unpaired) electrons. The van der Waals surface area contributed by atoms with Crippen molar-refractivity contribution < 1.29 is 12.8 Å². The van der Waals surface area contributed by atoms with Gasteiger partial charge < -0.3 is 5.73 Å². The summed E-state index contributed by atoms with van der Waals surface area (Å²) in [5, 5.41) is 0. The van der Waals surface area contributed by atoms with E-state index in [4.69, 9.17) is 5.73 Å². The van der Waals surface area contributed by atoms with Crippen molar-refractivity contribution in [2.45, 2.75) is 31.2 Å². The maximum atomic E-state index is 13.8. The predicted molar refractivity (Wildman–Crippen MR) is 74.7 cm³/mol. The van der Waals surface area contributed by atoms with Gasteiger partial charge in [-0.1, -0.05) is 6.08 Å². The number of benzene rings is 1. The lowest BCUT2D eigenvalue weighted by Crippen LogP contribution is -2.45. The summed E-state index contributed by atoms with van der Waals surface area (Å²) in [7, 11) is -3.94. The maximum absolute atomic E-state index is 13.8. The first-order valence-corrected chi connectivity index (χ1v) is 7.23. The molecule has 0 spiro atoms. The van der Waals surface area contributed by atoms with Crippen LogP contribution in [0.25, 0.3) is 0 Å². The van der Waals surface area contributed by atoms with E-state index in [2.05, 4.69) is 6.58 Å². The van der Waals surface area contributed by atoms with Gasteiger partial charge in [-0.2, -0.15) is 4.31 Å². The third-order valence-electron chi connectivity index (χ3n) is 2.57. The summed E-state index contributed by atoms with van der Waals surface area (Å²) in [6, 6.07) is 3.55. The zero-order valence-corrected chi connectivity index (χ0v) is 12.2. The number of halogens is 1. The van der Waals surface area contributed by atoms with E-state index in [1.54, 1.807) is 20.8 Å². The molecule has 0 fully saturated rings. The van der Waals surface area contributed by atoms with Crippen LogP contribution in [0.15, 0.2) is 35.7 Å². The molecule has 0 unspecified atom stereocenters. The van der Waals surface area contributed by atoms with Gasteiger partial charge in [0.05, 0.1) is 0 Å². The highest BCUT2D eigenvalue weighted by atomic mass is 32.2. The van der Waals surface area contributed by atoms with E-state index in [1.165, 1.54) is 22.5 Å². The zero-order valence-electron chi connectivity index (χ0n) is 11.4. The second-order valence-electron chi connectivity index (χ2n) is 5.19. The fraction of sp³-hybridized carbons (Fsp3) is 0.385. The van der Waals surface area contributed by atoms with Gasteiger partial charge in [0.1, 0.15) is 10.7 Å². The Morgan fingerprint density at radius 1 is 1.42 bits per heavy atom. The summed E-state index contributed by atoms with van der Waals surface area (Å²) in [6.07, 6.45) is 1.47. The molecule has 0 amide bonds. The molecule has 0 heterocycles. The summed E-state index contributed by atoms with van der Waals surface area (Å²) in [5.74, 6) is -0.849. The quantitative estimate of drug-likeness (QED) is 0.683. The van der Waals surface area contributed by atoms with Gasteiger partial charge in [-0.15, -0.1) is 6.58 Å². The Balaban J connectivity index is 3.39. The number of anilines is 1. The Labute approximate surface area is 113 Å². The zero-order chi connectivity index (χ0) is 14.8. The average molecular weight is 286 g/mol. The SMILES string of the molecule is C=CCN(C(C)(C)C)S(=O)(=O)c1ccc(N)cc1F. The molecule has 0 atom stereocenters. The summed E-state index contributed by atoms with van der Waals surface area (Å²) in [6.45, 7) is 8.86. The van der Waals surface area contributed by atoms with Crippen LogP contribution in [0.3, 0.4) is 0 Å². The van der Waals surface area contributed by atoms with Crippen LogP contribution < -0.4 is 5.73 Å². The van der Waals surface area contributed by atoms with Gasteiger partial charge >= 0.3 is 0 Å². The molecule has 2 N–H and O–H groups in total. The largest absolute Gasteiger partial charge is 0.399 e. The number of sulfonamides is 1. The van der Waals surface area contributed by atoms with Crippen LogP contribution in [0, 0.1) is 5.82 Å². The van der Waals surface area contributed by atoms with Gasteiger partial charge in [-0.25, -0.2) is 12.8 Å². The van der Waals surface area contributed by atoms with E-state index in [0.29, 0.717) is 0 Å². The molecule has 0 saturated carbocycles. The second-order valence-corrected chi connectivity index (χ2v) is 7.02. The van der Waals surface area contributed by atoms with E-state index in [-0.39, 0.29) is 17.1 Å². The molecule has 1 aromatic carbocycles. The minimum absolute atomic E-state index is 0.107. The highest BCUT2D eigenvalue weighted by molar-refractivity contribution is 7.89. The van der Waals surface area contributed by atoms with Gasteiger partial charge in [0.25, 0.3) is 0 Å². The van der Waals surface area contributed by atoms with Gasteiger partial charge in [0.15, 0.2) is 0 Å². The molecule has 1 aromatic rings.